The summed E-state index contributed by atoms with van der Waals surface area (Å²) in [7, 11) is 0. The van der Waals surface area contributed by atoms with E-state index in [9.17, 15) is 10.2 Å². The maximum absolute atomic E-state index is 10.7. The van der Waals surface area contributed by atoms with Gasteiger partial charge in [-0.05, 0) is 68.6 Å². The van der Waals surface area contributed by atoms with Crippen LogP contribution in [0.2, 0.25) is 0 Å². The summed E-state index contributed by atoms with van der Waals surface area (Å²) >= 11 is 0. The summed E-state index contributed by atoms with van der Waals surface area (Å²) < 4.78 is 0. The fourth-order valence-corrected chi connectivity index (χ4v) is 5.28. The molecule has 3 aliphatic rings. The molecule has 2 atom stereocenters. The van der Waals surface area contributed by atoms with E-state index in [-0.39, 0.29) is 23.3 Å². The molecule has 1 saturated heterocycles. The van der Waals surface area contributed by atoms with Crippen LogP contribution in [0.1, 0.15) is 63.0 Å². The summed E-state index contributed by atoms with van der Waals surface area (Å²) in [5, 5.41) is 21.5. The van der Waals surface area contributed by atoms with Crippen LogP contribution in [-0.4, -0.2) is 28.2 Å². The van der Waals surface area contributed by atoms with Gasteiger partial charge < -0.3 is 10.2 Å². The SMILES string of the molecule is C=C(C)[C@@H]1CCC(C)=C[C@H]1c1c(O)cc(CN2CC3(CCC3)C2)cc1O. The lowest BCUT2D eigenvalue weighted by Gasteiger charge is -2.56. The first kappa shape index (κ1) is 17.7. The van der Waals surface area contributed by atoms with Crippen molar-refractivity contribution in [1.29, 1.82) is 0 Å². The van der Waals surface area contributed by atoms with E-state index >= 15 is 0 Å². The van der Waals surface area contributed by atoms with Crippen LogP contribution in [0, 0.1) is 11.3 Å². The highest BCUT2D eigenvalue weighted by molar-refractivity contribution is 5.51. The van der Waals surface area contributed by atoms with Crippen LogP contribution in [0.5, 0.6) is 11.5 Å². The van der Waals surface area contributed by atoms with Crippen molar-refractivity contribution in [1.82, 2.24) is 4.90 Å². The summed E-state index contributed by atoms with van der Waals surface area (Å²) in [6.45, 7) is 11.5. The molecule has 1 aliphatic heterocycles. The Balaban J connectivity index is 1.55. The molecule has 1 spiro atoms. The average molecular weight is 354 g/mol. The van der Waals surface area contributed by atoms with Gasteiger partial charge in [0.05, 0.1) is 0 Å². The molecule has 0 amide bonds. The van der Waals surface area contributed by atoms with Gasteiger partial charge in [-0.2, -0.15) is 0 Å². The Labute approximate surface area is 157 Å². The monoisotopic (exact) mass is 353 g/mol. The minimum absolute atomic E-state index is 0.0116. The van der Waals surface area contributed by atoms with E-state index in [1.807, 2.05) is 12.1 Å². The van der Waals surface area contributed by atoms with Crippen molar-refractivity contribution < 1.29 is 10.2 Å². The Morgan fingerprint density at radius 1 is 1.23 bits per heavy atom. The minimum atomic E-state index is 0.0116. The zero-order valence-corrected chi connectivity index (χ0v) is 16.1. The van der Waals surface area contributed by atoms with E-state index in [4.69, 9.17) is 0 Å². The summed E-state index contributed by atoms with van der Waals surface area (Å²) in [6, 6.07) is 3.71. The van der Waals surface area contributed by atoms with E-state index < -0.39 is 0 Å². The second-order valence-corrected chi connectivity index (χ2v) is 9.08. The zero-order valence-electron chi connectivity index (χ0n) is 16.1. The summed E-state index contributed by atoms with van der Waals surface area (Å²) in [6.07, 6.45) is 8.40. The van der Waals surface area contributed by atoms with Crippen LogP contribution in [0.3, 0.4) is 0 Å². The molecule has 0 radical (unpaired) electrons. The second-order valence-electron chi connectivity index (χ2n) is 9.08. The van der Waals surface area contributed by atoms with Gasteiger partial charge in [0.25, 0.3) is 0 Å². The number of benzene rings is 1. The fourth-order valence-electron chi connectivity index (χ4n) is 5.28. The Kier molecular flexibility index (Phi) is 4.38. The number of hydrogen-bond acceptors (Lipinski definition) is 3. The molecule has 3 nitrogen and oxygen atoms in total. The third kappa shape index (κ3) is 3.07. The normalized spacial score (nSPS) is 27.5. The van der Waals surface area contributed by atoms with Crippen LogP contribution in [0.15, 0.2) is 35.9 Å². The van der Waals surface area contributed by atoms with E-state index in [0.29, 0.717) is 11.0 Å². The molecule has 0 unspecified atom stereocenters. The fraction of sp³-hybridized carbons (Fsp3) is 0.565. The molecule has 1 aromatic carbocycles. The predicted octanol–water partition coefficient (Wildman–Crippen LogP) is 5.10. The molecule has 2 aliphatic carbocycles. The first-order valence-electron chi connectivity index (χ1n) is 9.97. The van der Waals surface area contributed by atoms with Gasteiger partial charge in [0.1, 0.15) is 11.5 Å². The molecule has 1 aromatic rings. The molecule has 2 N–H and O–H groups in total. The molecule has 2 fully saturated rings. The second kappa shape index (κ2) is 6.45. The van der Waals surface area contributed by atoms with Gasteiger partial charge in [-0.1, -0.05) is 30.2 Å². The van der Waals surface area contributed by atoms with Gasteiger partial charge in [0.2, 0.25) is 0 Å². The maximum Gasteiger partial charge on any atom is 0.123 e. The van der Waals surface area contributed by atoms with E-state index in [0.717, 1.165) is 30.5 Å². The van der Waals surface area contributed by atoms with Crippen molar-refractivity contribution in [3.63, 3.8) is 0 Å². The molecule has 1 heterocycles. The maximum atomic E-state index is 10.7. The largest absolute Gasteiger partial charge is 0.507 e. The van der Waals surface area contributed by atoms with Crippen molar-refractivity contribution in [3.8, 4) is 11.5 Å². The lowest BCUT2D eigenvalue weighted by atomic mass is 9.63. The summed E-state index contributed by atoms with van der Waals surface area (Å²) in [5.74, 6) is 0.731. The van der Waals surface area contributed by atoms with E-state index in [1.165, 1.54) is 37.9 Å². The predicted molar refractivity (Wildman–Crippen MR) is 105 cm³/mol. The zero-order chi connectivity index (χ0) is 18.5. The number of likely N-dealkylation sites (tertiary alicyclic amines) is 1. The third-order valence-corrected chi connectivity index (χ3v) is 6.85. The molecule has 4 rings (SSSR count). The van der Waals surface area contributed by atoms with Crippen LogP contribution in [0.25, 0.3) is 0 Å². The number of phenolic OH excluding ortho intramolecular Hbond substituents is 2. The highest BCUT2D eigenvalue weighted by atomic mass is 16.3. The Hall–Kier alpha value is -1.74. The highest BCUT2D eigenvalue weighted by Crippen LogP contribution is 2.49. The molecule has 3 heteroatoms. The van der Waals surface area contributed by atoms with Crippen molar-refractivity contribution in [2.75, 3.05) is 13.1 Å². The molecule has 26 heavy (non-hydrogen) atoms. The first-order chi connectivity index (χ1) is 12.4. The molecular formula is C23H31NO2. The molecule has 1 saturated carbocycles. The van der Waals surface area contributed by atoms with Crippen LogP contribution in [0.4, 0.5) is 0 Å². The summed E-state index contributed by atoms with van der Waals surface area (Å²) in [4.78, 5) is 2.42. The Bertz CT molecular complexity index is 728. The number of nitrogens with zero attached hydrogens (tertiary/aromatic N) is 1. The molecule has 0 aromatic heterocycles. The Morgan fingerprint density at radius 2 is 1.88 bits per heavy atom. The smallest absolute Gasteiger partial charge is 0.123 e. The van der Waals surface area contributed by atoms with Gasteiger partial charge in [-0.3, -0.25) is 4.90 Å². The number of rotatable bonds is 4. The quantitative estimate of drug-likeness (QED) is 0.740. The molecule has 0 bridgehead atoms. The molecular weight excluding hydrogens is 322 g/mol. The number of phenols is 2. The highest BCUT2D eigenvalue weighted by Gasteiger charge is 2.46. The average Bonchev–Trinajstić information content (AvgIpc) is 2.47. The topological polar surface area (TPSA) is 43.7 Å². The van der Waals surface area contributed by atoms with Gasteiger partial charge in [0.15, 0.2) is 0 Å². The Morgan fingerprint density at radius 3 is 2.42 bits per heavy atom. The summed E-state index contributed by atoms with van der Waals surface area (Å²) in [5.41, 5.74) is 4.71. The van der Waals surface area contributed by atoms with E-state index in [1.54, 1.807) is 0 Å². The first-order valence-corrected chi connectivity index (χ1v) is 9.97. The lowest BCUT2D eigenvalue weighted by molar-refractivity contribution is -0.0645. The third-order valence-electron chi connectivity index (χ3n) is 6.85. The van der Waals surface area contributed by atoms with Gasteiger partial charge >= 0.3 is 0 Å². The van der Waals surface area contributed by atoms with Crippen LogP contribution >= 0.6 is 0 Å². The van der Waals surface area contributed by atoms with Crippen molar-refractivity contribution in [2.45, 2.75) is 58.4 Å². The minimum Gasteiger partial charge on any atom is -0.507 e. The van der Waals surface area contributed by atoms with Gasteiger partial charge in [0, 0.05) is 31.1 Å². The van der Waals surface area contributed by atoms with Crippen LogP contribution < -0.4 is 0 Å². The molecule has 140 valence electrons. The van der Waals surface area contributed by atoms with Crippen molar-refractivity contribution >= 4 is 0 Å². The standard InChI is InChI=1S/C23H31NO2/c1-15(2)18-6-5-16(3)9-19(18)22-20(25)10-17(11-21(22)26)12-24-13-23(14-24)7-4-8-23/h9-11,18-19,25-26H,1,4-8,12-14H2,2-3H3/t18-,19+/m0/s1. The number of allylic oxidation sites excluding steroid dienone is 3. The number of aromatic hydroxyl groups is 2. The van der Waals surface area contributed by atoms with Gasteiger partial charge in [-0.15, -0.1) is 0 Å². The van der Waals surface area contributed by atoms with Crippen molar-refractivity contribution in [3.05, 3.63) is 47.1 Å². The van der Waals surface area contributed by atoms with Crippen LogP contribution in [-0.2, 0) is 6.54 Å². The number of hydrogen-bond donors (Lipinski definition) is 2. The van der Waals surface area contributed by atoms with Crippen molar-refractivity contribution in [2.24, 2.45) is 11.3 Å². The lowest BCUT2D eigenvalue weighted by Crippen LogP contribution is -2.58. The van der Waals surface area contributed by atoms with Gasteiger partial charge in [-0.25, -0.2) is 0 Å². The van der Waals surface area contributed by atoms with E-state index in [2.05, 4.69) is 31.4 Å².